The van der Waals surface area contributed by atoms with Crippen LogP contribution in [0.4, 0.5) is 0 Å². The maximum atomic E-state index is 5.39. The lowest BCUT2D eigenvalue weighted by molar-refractivity contribution is 0.0492. The second kappa shape index (κ2) is 20.3. The molecule has 0 aromatic rings. The third-order valence-corrected chi connectivity index (χ3v) is 2.03. The number of nitrogens with two attached hydrogens (primary N) is 1. The van der Waals surface area contributed by atoms with Crippen molar-refractivity contribution in [1.29, 1.82) is 0 Å². The van der Waals surface area contributed by atoms with Gasteiger partial charge in [0.15, 0.2) is 0 Å². The summed E-state index contributed by atoms with van der Waals surface area (Å²) in [5.74, 6) is 0. The van der Waals surface area contributed by atoms with Gasteiger partial charge in [-0.15, -0.1) is 0 Å². The van der Waals surface area contributed by atoms with Crippen LogP contribution in [0.1, 0.15) is 52.9 Å². The molecule has 0 fully saturated rings. The second-order valence-electron chi connectivity index (χ2n) is 3.43. The van der Waals surface area contributed by atoms with Crippen molar-refractivity contribution in [1.82, 2.24) is 0 Å². The Morgan fingerprint density at radius 2 is 1.31 bits per heavy atom. The summed E-state index contributed by atoms with van der Waals surface area (Å²) in [7, 11) is 0. The molecule has 0 heterocycles. The van der Waals surface area contributed by atoms with Crippen molar-refractivity contribution in [2.45, 2.75) is 52.9 Å². The summed E-state index contributed by atoms with van der Waals surface area (Å²) >= 11 is 0. The van der Waals surface area contributed by atoms with Gasteiger partial charge in [-0.05, 0) is 6.42 Å². The zero-order valence-electron chi connectivity index (χ0n) is 11.5. The van der Waals surface area contributed by atoms with E-state index in [0.29, 0.717) is 26.4 Å². The molecule has 0 spiro atoms. The number of unbranched alkanes of at least 4 members (excludes halogenated alkanes) is 4. The Labute approximate surface area is 102 Å². The summed E-state index contributed by atoms with van der Waals surface area (Å²) in [6.45, 7) is 9.71. The summed E-state index contributed by atoms with van der Waals surface area (Å²) in [6, 6.07) is 0. The third-order valence-electron chi connectivity index (χ3n) is 2.03. The number of ether oxygens (including phenoxy) is 2. The van der Waals surface area contributed by atoms with Gasteiger partial charge >= 0.3 is 0 Å². The topological polar surface area (TPSA) is 44.5 Å². The molecule has 16 heavy (non-hydrogen) atoms. The summed E-state index contributed by atoms with van der Waals surface area (Å²) in [5.41, 5.74) is 5.27. The van der Waals surface area contributed by atoms with E-state index < -0.39 is 0 Å². The largest absolute Gasteiger partial charge is 0.379 e. The fourth-order valence-corrected chi connectivity index (χ4v) is 1.21. The molecule has 0 aliphatic carbocycles. The molecule has 0 aromatic carbocycles. The number of hydrogen-bond acceptors (Lipinski definition) is 3. The summed E-state index contributed by atoms with van der Waals surface area (Å²) in [5, 5.41) is 0. The molecule has 0 amide bonds. The minimum absolute atomic E-state index is 0.594. The van der Waals surface area contributed by atoms with Crippen molar-refractivity contribution in [2.24, 2.45) is 5.73 Å². The molecule has 0 saturated carbocycles. The van der Waals surface area contributed by atoms with Gasteiger partial charge in [-0.3, -0.25) is 0 Å². The Balaban J connectivity index is 0. The van der Waals surface area contributed by atoms with Crippen molar-refractivity contribution in [3.63, 3.8) is 0 Å². The molecule has 0 unspecified atom stereocenters. The monoisotopic (exact) mass is 233 g/mol. The summed E-state index contributed by atoms with van der Waals surface area (Å²) in [4.78, 5) is 0. The first kappa shape index (κ1) is 18.3. The Morgan fingerprint density at radius 1 is 0.750 bits per heavy atom. The van der Waals surface area contributed by atoms with Crippen LogP contribution in [0, 0.1) is 0 Å². The van der Waals surface area contributed by atoms with E-state index in [9.17, 15) is 0 Å². The van der Waals surface area contributed by atoms with Crippen LogP contribution in [0.2, 0.25) is 0 Å². The first-order valence-corrected chi connectivity index (χ1v) is 6.77. The highest BCUT2D eigenvalue weighted by molar-refractivity contribution is 4.41. The van der Waals surface area contributed by atoms with Gasteiger partial charge in [0, 0.05) is 13.2 Å². The number of hydrogen-bond donors (Lipinski definition) is 1. The normalized spacial score (nSPS) is 9.75. The molecular weight excluding hydrogens is 202 g/mol. The van der Waals surface area contributed by atoms with Gasteiger partial charge in [-0.1, -0.05) is 46.5 Å². The van der Waals surface area contributed by atoms with E-state index in [1.807, 2.05) is 13.8 Å². The van der Waals surface area contributed by atoms with Gasteiger partial charge in [0.2, 0.25) is 0 Å². The van der Waals surface area contributed by atoms with Crippen molar-refractivity contribution >= 4 is 0 Å². The minimum Gasteiger partial charge on any atom is -0.379 e. The standard InChI is InChI=1S/C11H25NO2.C2H6/c1-2-3-4-5-6-8-13-10-11-14-9-7-12;1-2/h2-12H2,1H3;1-2H3. The van der Waals surface area contributed by atoms with Crippen LogP contribution in [0.3, 0.4) is 0 Å². The Bertz CT molecular complexity index is 87.9. The Morgan fingerprint density at radius 3 is 1.88 bits per heavy atom. The quantitative estimate of drug-likeness (QED) is 0.558. The van der Waals surface area contributed by atoms with E-state index in [1.165, 1.54) is 32.1 Å². The average Bonchev–Trinajstić information content (AvgIpc) is 2.34. The van der Waals surface area contributed by atoms with Crippen molar-refractivity contribution < 1.29 is 9.47 Å². The zero-order chi connectivity index (χ0) is 12.5. The second-order valence-corrected chi connectivity index (χ2v) is 3.43. The van der Waals surface area contributed by atoms with Gasteiger partial charge in [-0.25, -0.2) is 0 Å². The predicted octanol–water partition coefficient (Wildman–Crippen LogP) is 2.97. The van der Waals surface area contributed by atoms with Gasteiger partial charge in [0.25, 0.3) is 0 Å². The van der Waals surface area contributed by atoms with E-state index >= 15 is 0 Å². The zero-order valence-corrected chi connectivity index (χ0v) is 11.5. The molecule has 0 atom stereocenters. The number of rotatable bonds is 11. The van der Waals surface area contributed by atoms with Crippen molar-refractivity contribution in [3.05, 3.63) is 0 Å². The van der Waals surface area contributed by atoms with Crippen LogP contribution in [0.15, 0.2) is 0 Å². The smallest absolute Gasteiger partial charge is 0.0701 e. The molecule has 2 N–H and O–H groups in total. The fourth-order valence-electron chi connectivity index (χ4n) is 1.21. The highest BCUT2D eigenvalue weighted by Crippen LogP contribution is 2.01. The van der Waals surface area contributed by atoms with E-state index in [1.54, 1.807) is 0 Å². The van der Waals surface area contributed by atoms with Crippen LogP contribution >= 0.6 is 0 Å². The van der Waals surface area contributed by atoms with Crippen LogP contribution in [-0.2, 0) is 9.47 Å². The maximum absolute atomic E-state index is 5.39. The van der Waals surface area contributed by atoms with Gasteiger partial charge in [0.1, 0.15) is 0 Å². The molecule has 0 radical (unpaired) electrons. The molecule has 0 aromatic heterocycles. The Kier molecular flexibility index (Phi) is 23.2. The van der Waals surface area contributed by atoms with Gasteiger partial charge in [-0.2, -0.15) is 0 Å². The maximum Gasteiger partial charge on any atom is 0.0701 e. The lowest BCUT2D eigenvalue weighted by Gasteiger charge is -2.04. The summed E-state index contributed by atoms with van der Waals surface area (Å²) < 4.78 is 10.6. The molecule has 100 valence electrons. The highest BCUT2D eigenvalue weighted by atomic mass is 16.5. The average molecular weight is 233 g/mol. The van der Waals surface area contributed by atoms with Crippen LogP contribution < -0.4 is 5.73 Å². The molecule has 0 saturated heterocycles. The van der Waals surface area contributed by atoms with Gasteiger partial charge < -0.3 is 15.2 Å². The van der Waals surface area contributed by atoms with E-state index in [2.05, 4.69) is 6.92 Å². The minimum atomic E-state index is 0.594. The first-order chi connectivity index (χ1) is 7.91. The molecule has 0 bridgehead atoms. The third kappa shape index (κ3) is 19.5. The Hall–Kier alpha value is -0.120. The van der Waals surface area contributed by atoms with E-state index in [-0.39, 0.29) is 0 Å². The SMILES string of the molecule is CC.CCCCCCCOCCOCCN. The summed E-state index contributed by atoms with van der Waals surface area (Å²) in [6.07, 6.45) is 6.45. The molecule has 3 nitrogen and oxygen atoms in total. The van der Waals surface area contributed by atoms with Crippen LogP contribution in [0.25, 0.3) is 0 Å². The predicted molar refractivity (Wildman–Crippen MR) is 70.8 cm³/mol. The molecule has 0 aliphatic heterocycles. The van der Waals surface area contributed by atoms with Crippen LogP contribution in [0.5, 0.6) is 0 Å². The van der Waals surface area contributed by atoms with Crippen molar-refractivity contribution in [3.8, 4) is 0 Å². The fraction of sp³-hybridized carbons (Fsp3) is 1.00. The molecule has 3 heteroatoms. The molecule has 0 rings (SSSR count). The highest BCUT2D eigenvalue weighted by Gasteiger charge is 1.90. The van der Waals surface area contributed by atoms with E-state index in [0.717, 1.165) is 6.61 Å². The molecule has 0 aliphatic rings. The van der Waals surface area contributed by atoms with E-state index in [4.69, 9.17) is 15.2 Å². The lowest BCUT2D eigenvalue weighted by Crippen LogP contribution is -2.12. The van der Waals surface area contributed by atoms with Crippen LogP contribution in [-0.4, -0.2) is 33.0 Å². The van der Waals surface area contributed by atoms with Crippen molar-refractivity contribution in [2.75, 3.05) is 33.0 Å². The molecular formula is C13H31NO2. The lowest BCUT2D eigenvalue weighted by atomic mass is 10.2. The first-order valence-electron chi connectivity index (χ1n) is 6.77. The van der Waals surface area contributed by atoms with Gasteiger partial charge in [0.05, 0.1) is 19.8 Å².